The molecule has 0 saturated carbocycles. The quantitative estimate of drug-likeness (QED) is 0.0535. The van der Waals surface area contributed by atoms with Gasteiger partial charge in [-0.05, 0) is 112 Å². The Balaban J connectivity index is 1.54. The summed E-state index contributed by atoms with van der Waals surface area (Å²) in [5.41, 5.74) is 2.44. The molecular weight excluding hydrogens is 1520 g/mol. The number of hydrogen-bond acceptors (Lipinski definition) is 15. The van der Waals surface area contributed by atoms with Crippen LogP contribution >= 0.6 is 0 Å². The molecular formula is C90H132N14O15. The molecule has 119 heavy (non-hydrogen) atoms. The topological polar surface area (TPSA) is 349 Å². The van der Waals surface area contributed by atoms with Crippen molar-refractivity contribution in [3.8, 4) is 0 Å². The minimum absolute atomic E-state index is 0.0277. The molecule has 2 saturated heterocycles. The molecule has 0 bridgehead atoms. The van der Waals surface area contributed by atoms with E-state index >= 15 is 52.7 Å². The van der Waals surface area contributed by atoms with E-state index in [4.69, 9.17) is 0 Å². The second kappa shape index (κ2) is 45.6. The number of nitrogens with zero attached hydrogens (tertiary/aromatic N) is 9. The summed E-state index contributed by atoms with van der Waals surface area (Å²) < 4.78 is 0. The van der Waals surface area contributed by atoms with Crippen molar-refractivity contribution in [2.75, 3.05) is 69.5 Å². The van der Waals surface area contributed by atoms with E-state index in [1.807, 2.05) is 34.6 Å². The predicted molar refractivity (Wildman–Crippen MR) is 454 cm³/mol. The van der Waals surface area contributed by atoms with E-state index in [-0.39, 0.29) is 68.6 Å². The van der Waals surface area contributed by atoms with Crippen LogP contribution in [-0.4, -0.2) is 286 Å². The fourth-order valence-corrected chi connectivity index (χ4v) is 15.3. The van der Waals surface area contributed by atoms with E-state index in [0.717, 1.165) is 29.1 Å². The van der Waals surface area contributed by atoms with Gasteiger partial charge in [0.05, 0.1) is 12.5 Å². The number of carbonyl (C=O) groups is 14. The van der Waals surface area contributed by atoms with Gasteiger partial charge in [0.1, 0.15) is 78.5 Å². The first-order valence-corrected chi connectivity index (χ1v) is 41.9. The Morgan fingerprint density at radius 1 is 0.454 bits per heavy atom. The van der Waals surface area contributed by atoms with Crippen molar-refractivity contribution in [2.24, 2.45) is 23.7 Å². The van der Waals surface area contributed by atoms with Crippen LogP contribution in [-0.2, 0) is 92.8 Å². The van der Waals surface area contributed by atoms with Crippen molar-refractivity contribution >= 4 is 82.7 Å². The minimum Gasteiger partial charge on any atom is -0.391 e. The first-order valence-electron chi connectivity index (χ1n) is 41.9. The third-order valence-corrected chi connectivity index (χ3v) is 23.2. The maximum absolute atomic E-state index is 16.1. The molecule has 4 aromatic carbocycles. The third kappa shape index (κ3) is 26.7. The maximum Gasteiger partial charge on any atom is 0.248 e. The lowest BCUT2D eigenvalue weighted by atomic mass is 9.95. The molecule has 2 aliphatic rings. The molecule has 2 fully saturated rings. The normalized spacial score (nSPS) is 23.4. The van der Waals surface area contributed by atoms with Crippen molar-refractivity contribution in [3.63, 3.8) is 0 Å². The molecule has 2 aliphatic heterocycles. The SMILES string of the molecule is CC[C@H](C)[C@@H]1NC(=O)[C@H](Cc2ccccc2)N(C)C(=O)[C@H]([C@@H](C)O)NC(=O)[C@@H](C)NC(=O)C[C@@H](C(=O)N(C)[C@@H](Cc2ccccc2)C(=O)N(C)[C@@H](Cc2ccccc2)C(=O)N[C@@H](C)C(=O)N2CCCCC2)NC(=O)[C@H](CC(C)C)N(C)C(=O)[C@H](CC(C)C)N(C)C(=O)[C@H](Cc2ccccc2)N(C)C(=O)[C@H](CC(C)C)N(C)C(=O)[C@H](C)N(C)C1=O. The molecule has 29 heteroatoms. The van der Waals surface area contributed by atoms with Gasteiger partial charge in [-0.25, -0.2) is 0 Å². The first kappa shape index (κ1) is 97.3. The summed E-state index contributed by atoms with van der Waals surface area (Å²) >= 11 is 0. The van der Waals surface area contributed by atoms with Crippen LogP contribution in [0.5, 0.6) is 0 Å². The molecule has 2 heterocycles. The monoisotopic (exact) mass is 1650 g/mol. The van der Waals surface area contributed by atoms with Crippen LogP contribution in [0.15, 0.2) is 121 Å². The molecule has 15 atom stereocenters. The van der Waals surface area contributed by atoms with Crippen LogP contribution in [0.4, 0.5) is 0 Å². The summed E-state index contributed by atoms with van der Waals surface area (Å²) in [4.78, 5) is 225. The van der Waals surface area contributed by atoms with E-state index in [2.05, 4.69) is 26.6 Å². The van der Waals surface area contributed by atoms with E-state index in [0.29, 0.717) is 41.8 Å². The zero-order chi connectivity index (χ0) is 88.6. The summed E-state index contributed by atoms with van der Waals surface area (Å²) in [5, 5.41) is 25.1. The zero-order valence-electron chi connectivity index (χ0n) is 73.5. The number of carbonyl (C=O) groups excluding carboxylic acids is 14. The maximum atomic E-state index is 16.1. The molecule has 0 unspecified atom stereocenters. The van der Waals surface area contributed by atoms with Gasteiger partial charge in [0.15, 0.2) is 0 Å². The Morgan fingerprint density at radius 2 is 0.849 bits per heavy atom. The number of piperidine rings is 1. The van der Waals surface area contributed by atoms with Crippen molar-refractivity contribution in [2.45, 2.75) is 245 Å². The van der Waals surface area contributed by atoms with Crippen LogP contribution < -0.4 is 26.6 Å². The molecule has 6 rings (SSSR count). The van der Waals surface area contributed by atoms with E-state index in [9.17, 15) is 19.5 Å². The Morgan fingerprint density at radius 3 is 1.32 bits per heavy atom. The zero-order valence-corrected chi connectivity index (χ0v) is 73.5. The number of likely N-dealkylation sites (tertiary alicyclic amines) is 1. The molecule has 0 aliphatic carbocycles. The number of likely N-dealkylation sites (N-methyl/N-ethyl adjacent to an activating group) is 8. The van der Waals surface area contributed by atoms with Crippen molar-refractivity contribution in [3.05, 3.63) is 144 Å². The fourth-order valence-electron chi connectivity index (χ4n) is 15.3. The van der Waals surface area contributed by atoms with Gasteiger partial charge in [-0.1, -0.05) is 183 Å². The van der Waals surface area contributed by atoms with Gasteiger partial charge in [-0.15, -0.1) is 0 Å². The van der Waals surface area contributed by atoms with Gasteiger partial charge in [-0.2, -0.15) is 0 Å². The number of amides is 14. The highest BCUT2D eigenvalue weighted by Gasteiger charge is 2.46. The van der Waals surface area contributed by atoms with Crippen molar-refractivity contribution < 1.29 is 72.2 Å². The van der Waals surface area contributed by atoms with Gasteiger partial charge >= 0.3 is 0 Å². The largest absolute Gasteiger partial charge is 0.391 e. The lowest BCUT2D eigenvalue weighted by Gasteiger charge is -2.40. The third-order valence-electron chi connectivity index (χ3n) is 23.2. The number of rotatable bonds is 24. The molecule has 4 aromatic rings. The average molecular weight is 1650 g/mol. The van der Waals surface area contributed by atoms with Crippen molar-refractivity contribution in [1.82, 2.24) is 70.7 Å². The molecule has 0 radical (unpaired) electrons. The second-order valence-electron chi connectivity index (χ2n) is 33.8. The minimum atomic E-state index is -1.93. The highest BCUT2D eigenvalue weighted by Crippen LogP contribution is 2.27. The standard InChI is InChI=1S/C90H132N14O15/c1-21-58(8)76-89(118)96(13)61(11)83(112)100(17)71(48-56(4)5)86(115)103(20)74(53-66-43-33-25-34-44-66)88(117)102(19)72(49-57(6)7)85(114)97(14)68(47-55(2)3)80(109)93-67(54-75(106)91-59(9)78(107)95-77(62(12)105)90(119)99(16)70(81(110)94-76)51-64-39-29-23-30-40-64)84(113)101(18)73(52-65-41-31-24-32-42-65)87(116)98(15)69(50-63-37-27-22-28-38-63)79(108)92-60(10)82(111)104-45-35-26-36-46-104/h22-25,27-34,37-44,55-62,67-74,76-77,105H,21,26,35-36,45-54H2,1-20H3,(H,91,106)(H,92,108)(H,93,109)(H,94,110)(H,95,107)/t58-,59+,60-,61-,62+,67-,68-,69-,70-,71-,72-,73-,74-,76-,77-/m0/s1. The lowest BCUT2D eigenvalue weighted by Crippen LogP contribution is -2.62. The molecule has 14 amide bonds. The van der Waals surface area contributed by atoms with E-state index in [1.165, 1.54) is 107 Å². The summed E-state index contributed by atoms with van der Waals surface area (Å²) in [7, 11) is 11.1. The Hall–Kier alpha value is -10.6. The fraction of sp³-hybridized carbons (Fsp3) is 0.578. The number of benzene rings is 4. The first-order chi connectivity index (χ1) is 56.1. The van der Waals surface area contributed by atoms with Crippen LogP contribution in [0.1, 0.15) is 157 Å². The molecule has 652 valence electrons. The smallest absolute Gasteiger partial charge is 0.248 e. The summed E-state index contributed by atoms with van der Waals surface area (Å²) in [5.74, 6) is -12.4. The summed E-state index contributed by atoms with van der Waals surface area (Å²) in [6.45, 7) is 21.2. The Kier molecular flexibility index (Phi) is 37.2. The summed E-state index contributed by atoms with van der Waals surface area (Å²) in [6.07, 6.45) is -0.0829. The second-order valence-corrected chi connectivity index (χ2v) is 33.8. The van der Waals surface area contributed by atoms with Crippen LogP contribution in [0.3, 0.4) is 0 Å². The highest BCUT2D eigenvalue weighted by molar-refractivity contribution is 6.01. The van der Waals surface area contributed by atoms with Gasteiger partial charge in [0.2, 0.25) is 82.7 Å². The van der Waals surface area contributed by atoms with Gasteiger partial charge in [0, 0.05) is 95.2 Å². The van der Waals surface area contributed by atoms with Gasteiger partial charge in [-0.3, -0.25) is 67.1 Å². The van der Waals surface area contributed by atoms with Crippen LogP contribution in [0.25, 0.3) is 0 Å². The van der Waals surface area contributed by atoms with Crippen LogP contribution in [0, 0.1) is 23.7 Å². The highest BCUT2D eigenvalue weighted by atomic mass is 16.3. The van der Waals surface area contributed by atoms with Crippen molar-refractivity contribution in [1.29, 1.82) is 0 Å². The van der Waals surface area contributed by atoms with Gasteiger partial charge in [0.25, 0.3) is 0 Å². The number of nitrogens with one attached hydrogen (secondary N) is 5. The predicted octanol–water partition coefficient (Wildman–Crippen LogP) is 5.04. The molecule has 0 aromatic heterocycles. The van der Waals surface area contributed by atoms with E-state index in [1.54, 1.807) is 154 Å². The van der Waals surface area contributed by atoms with Gasteiger partial charge < -0.3 is 75.8 Å². The summed E-state index contributed by atoms with van der Waals surface area (Å²) in [6, 6.07) is 16.7. The van der Waals surface area contributed by atoms with Crippen LogP contribution in [0.2, 0.25) is 0 Å². The molecule has 0 spiro atoms. The average Bonchev–Trinajstić information content (AvgIpc) is 0.952. The number of aliphatic hydroxyl groups is 1. The number of aliphatic hydroxyl groups excluding tert-OH is 1. The Labute approximate surface area is 703 Å². The molecule has 29 nitrogen and oxygen atoms in total. The Bertz CT molecular complexity index is 4090. The lowest BCUT2D eigenvalue weighted by molar-refractivity contribution is -0.156. The molecule has 6 N–H and O–H groups in total. The van der Waals surface area contributed by atoms with E-state index < -0.39 is 174 Å². The number of hydrogen-bond donors (Lipinski definition) is 6.